The van der Waals surface area contributed by atoms with E-state index in [1.54, 1.807) is 24.3 Å². The van der Waals surface area contributed by atoms with E-state index < -0.39 is 10.0 Å². The Kier molecular flexibility index (Phi) is 5.42. The second kappa shape index (κ2) is 7.83. The summed E-state index contributed by atoms with van der Waals surface area (Å²) >= 11 is 0. The van der Waals surface area contributed by atoms with Crippen molar-refractivity contribution in [3.63, 3.8) is 0 Å². The Morgan fingerprint density at radius 1 is 0.893 bits per heavy atom. The van der Waals surface area contributed by atoms with E-state index in [9.17, 15) is 18.0 Å². The Bertz CT molecular complexity index is 843. The SMILES string of the molecule is O=C(Nc1ccc(S(=O)(=O)N2CCCC2)cc1)C1CCCN(C(=O)C2CC2)C1. The summed E-state index contributed by atoms with van der Waals surface area (Å²) in [7, 11) is -3.45. The average molecular weight is 406 g/mol. The summed E-state index contributed by atoms with van der Waals surface area (Å²) in [5, 5.41) is 2.88. The minimum absolute atomic E-state index is 0.108. The first kappa shape index (κ1) is 19.4. The van der Waals surface area contributed by atoms with Gasteiger partial charge in [0.15, 0.2) is 0 Å². The number of sulfonamides is 1. The molecule has 1 atom stereocenters. The number of rotatable bonds is 5. The molecule has 28 heavy (non-hydrogen) atoms. The first-order valence-electron chi connectivity index (χ1n) is 10.1. The summed E-state index contributed by atoms with van der Waals surface area (Å²) in [6, 6.07) is 6.37. The number of nitrogens with zero attached hydrogens (tertiary/aromatic N) is 2. The number of carbonyl (C=O) groups is 2. The molecule has 1 unspecified atom stereocenters. The maximum Gasteiger partial charge on any atom is 0.243 e. The zero-order valence-electron chi connectivity index (χ0n) is 16.0. The Hall–Kier alpha value is -1.93. The van der Waals surface area contributed by atoms with Crippen molar-refractivity contribution in [2.45, 2.75) is 43.4 Å². The molecule has 1 aromatic carbocycles. The van der Waals surface area contributed by atoms with Crippen LogP contribution in [0.3, 0.4) is 0 Å². The third-order valence-corrected chi connectivity index (χ3v) is 7.77. The van der Waals surface area contributed by atoms with Gasteiger partial charge in [-0.1, -0.05) is 0 Å². The van der Waals surface area contributed by atoms with Crippen molar-refractivity contribution in [1.29, 1.82) is 0 Å². The first-order valence-corrected chi connectivity index (χ1v) is 11.6. The molecule has 1 aromatic rings. The highest BCUT2D eigenvalue weighted by molar-refractivity contribution is 7.89. The van der Waals surface area contributed by atoms with Gasteiger partial charge in [-0.05, 0) is 62.8 Å². The van der Waals surface area contributed by atoms with E-state index in [2.05, 4.69) is 5.32 Å². The molecule has 1 aliphatic carbocycles. The smallest absolute Gasteiger partial charge is 0.243 e. The second-order valence-corrected chi connectivity index (χ2v) is 9.96. The number of amides is 2. The van der Waals surface area contributed by atoms with Gasteiger partial charge in [0.05, 0.1) is 10.8 Å². The van der Waals surface area contributed by atoms with Gasteiger partial charge in [-0.3, -0.25) is 9.59 Å². The Balaban J connectivity index is 1.37. The third-order valence-electron chi connectivity index (χ3n) is 5.86. The number of piperidine rings is 1. The molecule has 7 nitrogen and oxygen atoms in total. The number of likely N-dealkylation sites (tertiary alicyclic amines) is 1. The van der Waals surface area contributed by atoms with Crippen molar-refractivity contribution in [2.75, 3.05) is 31.5 Å². The van der Waals surface area contributed by atoms with Crippen molar-refractivity contribution in [1.82, 2.24) is 9.21 Å². The lowest BCUT2D eigenvalue weighted by Crippen LogP contribution is -2.44. The predicted molar refractivity (Wildman–Crippen MR) is 105 cm³/mol. The minimum atomic E-state index is -3.45. The van der Waals surface area contributed by atoms with Crippen LogP contribution in [-0.2, 0) is 19.6 Å². The topological polar surface area (TPSA) is 86.8 Å². The molecule has 3 fully saturated rings. The molecule has 0 bridgehead atoms. The summed E-state index contributed by atoms with van der Waals surface area (Å²) in [5.74, 6) is 0.0359. The van der Waals surface area contributed by atoms with Crippen LogP contribution in [0.1, 0.15) is 38.5 Å². The lowest BCUT2D eigenvalue weighted by atomic mass is 9.96. The molecule has 0 aromatic heterocycles. The fourth-order valence-corrected chi connectivity index (χ4v) is 5.53. The Morgan fingerprint density at radius 3 is 2.21 bits per heavy atom. The monoisotopic (exact) mass is 405 g/mol. The molecule has 2 saturated heterocycles. The number of hydrogen-bond donors (Lipinski definition) is 1. The van der Waals surface area contributed by atoms with Crippen LogP contribution in [0.5, 0.6) is 0 Å². The molecule has 3 aliphatic rings. The van der Waals surface area contributed by atoms with Crippen LogP contribution in [-0.4, -0.2) is 55.6 Å². The van der Waals surface area contributed by atoms with Crippen LogP contribution < -0.4 is 5.32 Å². The quantitative estimate of drug-likeness (QED) is 0.812. The fourth-order valence-electron chi connectivity index (χ4n) is 4.01. The Labute approximate surface area is 166 Å². The van der Waals surface area contributed by atoms with Gasteiger partial charge in [-0.15, -0.1) is 0 Å². The van der Waals surface area contributed by atoms with Crippen molar-refractivity contribution in [2.24, 2.45) is 11.8 Å². The van der Waals surface area contributed by atoms with E-state index in [1.165, 1.54) is 4.31 Å². The van der Waals surface area contributed by atoms with Crippen LogP contribution in [0.2, 0.25) is 0 Å². The second-order valence-electron chi connectivity index (χ2n) is 8.02. The number of benzene rings is 1. The molecule has 4 rings (SSSR count). The summed E-state index contributed by atoms with van der Waals surface area (Å²) in [4.78, 5) is 27.0. The summed E-state index contributed by atoms with van der Waals surface area (Å²) in [5.41, 5.74) is 0.580. The van der Waals surface area contributed by atoms with Crippen molar-refractivity contribution in [3.8, 4) is 0 Å². The number of carbonyl (C=O) groups excluding carboxylic acids is 2. The van der Waals surface area contributed by atoms with E-state index >= 15 is 0 Å². The number of anilines is 1. The third kappa shape index (κ3) is 4.07. The van der Waals surface area contributed by atoms with Crippen LogP contribution in [0.15, 0.2) is 29.2 Å². The Morgan fingerprint density at radius 2 is 1.57 bits per heavy atom. The van der Waals surface area contributed by atoms with E-state index in [1.807, 2.05) is 4.90 Å². The van der Waals surface area contributed by atoms with Gasteiger partial charge in [-0.2, -0.15) is 4.31 Å². The standard InChI is InChI=1S/C20H27N3O4S/c24-19(16-4-3-11-22(14-16)20(25)15-5-6-15)21-17-7-9-18(10-8-17)28(26,27)23-12-1-2-13-23/h7-10,15-16H,1-6,11-14H2,(H,21,24). The van der Waals surface area contributed by atoms with Crippen molar-refractivity contribution in [3.05, 3.63) is 24.3 Å². The van der Waals surface area contributed by atoms with Crippen LogP contribution >= 0.6 is 0 Å². The molecule has 1 N–H and O–H groups in total. The molecule has 0 radical (unpaired) electrons. The largest absolute Gasteiger partial charge is 0.342 e. The lowest BCUT2D eigenvalue weighted by molar-refractivity contribution is -0.135. The maximum absolute atomic E-state index is 12.6. The molecular weight excluding hydrogens is 378 g/mol. The van der Waals surface area contributed by atoms with E-state index in [0.29, 0.717) is 25.3 Å². The van der Waals surface area contributed by atoms with Crippen LogP contribution in [0.4, 0.5) is 5.69 Å². The number of hydrogen-bond acceptors (Lipinski definition) is 4. The summed E-state index contributed by atoms with van der Waals surface area (Å²) in [6.07, 6.45) is 5.34. The number of nitrogens with one attached hydrogen (secondary N) is 1. The molecule has 2 amide bonds. The van der Waals surface area contributed by atoms with E-state index in [4.69, 9.17) is 0 Å². The van der Waals surface area contributed by atoms with Gasteiger partial charge in [0, 0.05) is 37.8 Å². The molecular formula is C20H27N3O4S. The van der Waals surface area contributed by atoms with E-state index in [-0.39, 0.29) is 28.5 Å². The maximum atomic E-state index is 12.6. The van der Waals surface area contributed by atoms with Crippen LogP contribution in [0.25, 0.3) is 0 Å². The molecule has 8 heteroatoms. The normalized spacial score (nSPS) is 23.6. The molecule has 0 spiro atoms. The van der Waals surface area contributed by atoms with Gasteiger partial charge in [0.1, 0.15) is 0 Å². The first-order chi connectivity index (χ1) is 13.4. The van der Waals surface area contributed by atoms with Crippen LogP contribution in [0, 0.1) is 11.8 Å². The lowest BCUT2D eigenvalue weighted by Gasteiger charge is -2.32. The highest BCUT2D eigenvalue weighted by atomic mass is 32.2. The fraction of sp³-hybridized carbons (Fsp3) is 0.600. The van der Waals surface area contributed by atoms with Gasteiger partial charge in [-0.25, -0.2) is 8.42 Å². The average Bonchev–Trinajstić information content (AvgIpc) is 3.40. The van der Waals surface area contributed by atoms with E-state index in [0.717, 1.165) is 45.1 Å². The highest BCUT2D eigenvalue weighted by Gasteiger charge is 2.36. The minimum Gasteiger partial charge on any atom is -0.342 e. The van der Waals surface area contributed by atoms with Gasteiger partial charge in [0.2, 0.25) is 21.8 Å². The van der Waals surface area contributed by atoms with Crippen molar-refractivity contribution < 1.29 is 18.0 Å². The molecule has 152 valence electrons. The molecule has 2 aliphatic heterocycles. The van der Waals surface area contributed by atoms with Gasteiger partial charge in [0.25, 0.3) is 0 Å². The molecule has 1 saturated carbocycles. The highest BCUT2D eigenvalue weighted by Crippen LogP contribution is 2.32. The zero-order valence-corrected chi connectivity index (χ0v) is 16.8. The zero-order chi connectivity index (χ0) is 19.7. The summed E-state index contributed by atoms with van der Waals surface area (Å²) in [6.45, 7) is 2.35. The van der Waals surface area contributed by atoms with Crippen molar-refractivity contribution >= 4 is 27.5 Å². The van der Waals surface area contributed by atoms with Gasteiger partial charge >= 0.3 is 0 Å². The summed E-state index contributed by atoms with van der Waals surface area (Å²) < 4.78 is 26.7. The predicted octanol–water partition coefficient (Wildman–Crippen LogP) is 2.06. The van der Waals surface area contributed by atoms with Gasteiger partial charge < -0.3 is 10.2 Å². The molecule has 2 heterocycles.